The van der Waals surface area contributed by atoms with Crippen LogP contribution in [0.1, 0.15) is 57.6 Å². The fourth-order valence-electron chi connectivity index (χ4n) is 3.10. The highest BCUT2D eigenvalue weighted by Gasteiger charge is 2.24. The lowest BCUT2D eigenvalue weighted by Crippen LogP contribution is -2.42. The fraction of sp³-hybridized carbons (Fsp3) is 0.579. The van der Waals surface area contributed by atoms with Crippen LogP contribution in [0.25, 0.3) is 5.76 Å². The van der Waals surface area contributed by atoms with Crippen LogP contribution in [0.5, 0.6) is 0 Å². The van der Waals surface area contributed by atoms with Gasteiger partial charge in [-0.2, -0.15) is 0 Å². The van der Waals surface area contributed by atoms with Crippen LogP contribution in [0.4, 0.5) is 0 Å². The van der Waals surface area contributed by atoms with Gasteiger partial charge in [0.15, 0.2) is 0 Å². The van der Waals surface area contributed by atoms with Gasteiger partial charge in [-0.15, -0.1) is 0 Å². The molecule has 1 heterocycles. The molecule has 0 amide bonds. The van der Waals surface area contributed by atoms with Crippen LogP contribution in [0.2, 0.25) is 0 Å². The van der Waals surface area contributed by atoms with E-state index < -0.39 is 0 Å². The Hall–Kier alpha value is -1.28. The summed E-state index contributed by atoms with van der Waals surface area (Å²) in [7, 11) is 0. The van der Waals surface area contributed by atoms with E-state index in [9.17, 15) is 0 Å². The minimum atomic E-state index is 0.691. The summed E-state index contributed by atoms with van der Waals surface area (Å²) in [4.78, 5) is 2.63. The van der Waals surface area contributed by atoms with Gasteiger partial charge in [0.1, 0.15) is 5.76 Å². The number of hydrogen-bond donors (Lipinski definition) is 0. The molecule has 1 aromatic carbocycles. The van der Waals surface area contributed by atoms with Crippen molar-refractivity contribution < 1.29 is 4.74 Å². The minimum absolute atomic E-state index is 0.691. The molecule has 0 saturated carbocycles. The summed E-state index contributed by atoms with van der Waals surface area (Å²) < 4.78 is 5.60. The molecule has 116 valence electrons. The standard InChI is InChI=1S/C19H29NO/c1-5-13-21-17(4)19-11-9-18(10-12-19)14-20-15(2)7-6-8-16(20)3/h9-12,15-16H,4-8,13-14H2,1-3H3. The maximum Gasteiger partial charge on any atom is 0.119 e. The lowest BCUT2D eigenvalue weighted by molar-refractivity contribution is 0.0953. The van der Waals surface area contributed by atoms with Crippen molar-refractivity contribution in [2.45, 2.75) is 65.1 Å². The van der Waals surface area contributed by atoms with Gasteiger partial charge in [0.25, 0.3) is 0 Å². The normalized spacial score (nSPS) is 23.0. The zero-order chi connectivity index (χ0) is 15.2. The van der Waals surface area contributed by atoms with E-state index in [0.29, 0.717) is 12.1 Å². The summed E-state index contributed by atoms with van der Waals surface area (Å²) >= 11 is 0. The van der Waals surface area contributed by atoms with Gasteiger partial charge in [-0.25, -0.2) is 0 Å². The summed E-state index contributed by atoms with van der Waals surface area (Å²) in [6.45, 7) is 12.6. The molecule has 2 atom stereocenters. The quantitative estimate of drug-likeness (QED) is 0.694. The molecule has 2 rings (SSSR count). The first-order valence-corrected chi connectivity index (χ1v) is 8.28. The van der Waals surface area contributed by atoms with Gasteiger partial charge in [-0.05, 0) is 38.7 Å². The van der Waals surface area contributed by atoms with Crippen LogP contribution in [-0.2, 0) is 11.3 Å². The van der Waals surface area contributed by atoms with Crippen LogP contribution in [0.15, 0.2) is 30.8 Å². The SMILES string of the molecule is C=C(OCCC)c1ccc(CN2C(C)CCCC2C)cc1. The Morgan fingerprint density at radius 3 is 2.38 bits per heavy atom. The molecule has 0 aliphatic carbocycles. The second-order valence-electron chi connectivity index (χ2n) is 6.27. The van der Waals surface area contributed by atoms with E-state index in [1.165, 1.54) is 24.8 Å². The van der Waals surface area contributed by atoms with Crippen molar-refractivity contribution in [2.75, 3.05) is 6.61 Å². The molecule has 0 N–H and O–H groups in total. The van der Waals surface area contributed by atoms with Crippen molar-refractivity contribution in [1.82, 2.24) is 4.90 Å². The Morgan fingerprint density at radius 2 is 1.81 bits per heavy atom. The van der Waals surface area contributed by atoms with Crippen molar-refractivity contribution in [2.24, 2.45) is 0 Å². The van der Waals surface area contributed by atoms with Crippen molar-refractivity contribution in [1.29, 1.82) is 0 Å². The van der Waals surface area contributed by atoms with Crippen LogP contribution in [0.3, 0.4) is 0 Å². The van der Waals surface area contributed by atoms with E-state index in [-0.39, 0.29) is 0 Å². The topological polar surface area (TPSA) is 12.5 Å². The van der Waals surface area contributed by atoms with Gasteiger partial charge < -0.3 is 4.74 Å². The van der Waals surface area contributed by atoms with E-state index in [0.717, 1.165) is 30.9 Å². The highest BCUT2D eigenvalue weighted by atomic mass is 16.5. The average molecular weight is 287 g/mol. The molecular weight excluding hydrogens is 258 g/mol. The van der Waals surface area contributed by atoms with Gasteiger partial charge in [0.05, 0.1) is 6.61 Å². The Morgan fingerprint density at radius 1 is 1.19 bits per heavy atom. The third-order valence-electron chi connectivity index (χ3n) is 4.50. The summed E-state index contributed by atoms with van der Waals surface area (Å²) in [6.07, 6.45) is 5.03. The molecular formula is C19H29NO. The molecule has 0 radical (unpaired) electrons. The van der Waals surface area contributed by atoms with Crippen LogP contribution in [-0.4, -0.2) is 23.6 Å². The van der Waals surface area contributed by atoms with E-state index in [1.54, 1.807) is 0 Å². The molecule has 2 unspecified atom stereocenters. The molecule has 1 fully saturated rings. The highest BCUT2D eigenvalue weighted by molar-refractivity contribution is 5.57. The minimum Gasteiger partial charge on any atom is -0.494 e. The third kappa shape index (κ3) is 4.34. The molecule has 21 heavy (non-hydrogen) atoms. The summed E-state index contributed by atoms with van der Waals surface area (Å²) in [5.74, 6) is 0.781. The summed E-state index contributed by atoms with van der Waals surface area (Å²) in [5, 5.41) is 0. The van der Waals surface area contributed by atoms with Crippen molar-refractivity contribution >= 4 is 5.76 Å². The lowest BCUT2D eigenvalue weighted by atomic mass is 9.96. The molecule has 0 spiro atoms. The first-order valence-electron chi connectivity index (χ1n) is 8.28. The number of nitrogens with zero attached hydrogens (tertiary/aromatic N) is 1. The molecule has 2 nitrogen and oxygen atoms in total. The maximum atomic E-state index is 5.60. The number of benzene rings is 1. The van der Waals surface area contributed by atoms with Crippen molar-refractivity contribution in [3.8, 4) is 0 Å². The predicted octanol–water partition coefficient (Wildman–Crippen LogP) is 4.85. The molecule has 0 aromatic heterocycles. The highest BCUT2D eigenvalue weighted by Crippen LogP contribution is 2.25. The zero-order valence-corrected chi connectivity index (χ0v) is 13.8. The van der Waals surface area contributed by atoms with Crippen LogP contribution in [0, 0.1) is 0 Å². The van der Waals surface area contributed by atoms with Crippen molar-refractivity contribution in [3.05, 3.63) is 42.0 Å². The van der Waals surface area contributed by atoms with E-state index in [4.69, 9.17) is 4.74 Å². The maximum absolute atomic E-state index is 5.60. The summed E-state index contributed by atoms with van der Waals surface area (Å²) in [5.41, 5.74) is 2.47. The Kier molecular flexibility index (Phi) is 5.86. The smallest absolute Gasteiger partial charge is 0.119 e. The van der Waals surface area contributed by atoms with Gasteiger partial charge in [-0.1, -0.05) is 44.2 Å². The van der Waals surface area contributed by atoms with Gasteiger partial charge in [-0.3, -0.25) is 4.90 Å². The van der Waals surface area contributed by atoms with Crippen LogP contribution >= 0.6 is 0 Å². The van der Waals surface area contributed by atoms with Crippen molar-refractivity contribution in [3.63, 3.8) is 0 Å². The molecule has 1 aliphatic rings. The number of piperidine rings is 1. The van der Waals surface area contributed by atoms with Gasteiger partial charge in [0.2, 0.25) is 0 Å². The van der Waals surface area contributed by atoms with Gasteiger partial charge >= 0.3 is 0 Å². The first-order chi connectivity index (χ1) is 10.1. The Labute approximate surface area is 129 Å². The second-order valence-corrected chi connectivity index (χ2v) is 6.27. The number of likely N-dealkylation sites (tertiary alicyclic amines) is 1. The third-order valence-corrected chi connectivity index (χ3v) is 4.50. The Balaban J connectivity index is 1.97. The first kappa shape index (κ1) is 16.1. The van der Waals surface area contributed by atoms with E-state index in [2.05, 4.69) is 56.5 Å². The van der Waals surface area contributed by atoms with Crippen LogP contribution < -0.4 is 0 Å². The molecule has 1 saturated heterocycles. The molecule has 1 aromatic rings. The molecule has 2 heteroatoms. The predicted molar refractivity (Wildman–Crippen MR) is 90.0 cm³/mol. The lowest BCUT2D eigenvalue weighted by Gasteiger charge is -2.39. The number of rotatable bonds is 6. The Bertz CT molecular complexity index is 441. The summed E-state index contributed by atoms with van der Waals surface area (Å²) in [6, 6.07) is 10.1. The number of ether oxygens (including phenoxy) is 1. The monoisotopic (exact) mass is 287 g/mol. The largest absolute Gasteiger partial charge is 0.494 e. The van der Waals surface area contributed by atoms with E-state index >= 15 is 0 Å². The average Bonchev–Trinajstić information content (AvgIpc) is 2.49. The fourth-order valence-corrected chi connectivity index (χ4v) is 3.10. The zero-order valence-electron chi connectivity index (χ0n) is 13.8. The van der Waals surface area contributed by atoms with E-state index in [1.807, 2.05) is 0 Å². The number of hydrogen-bond acceptors (Lipinski definition) is 2. The second kappa shape index (κ2) is 7.65. The molecule has 1 aliphatic heterocycles. The van der Waals surface area contributed by atoms with Gasteiger partial charge in [0, 0.05) is 24.2 Å². The molecule has 0 bridgehead atoms.